The van der Waals surface area contributed by atoms with Crippen LogP contribution in [0.5, 0.6) is 11.5 Å². The third-order valence-electron chi connectivity index (χ3n) is 5.32. The molecule has 32 heavy (non-hydrogen) atoms. The fraction of sp³-hybridized carbons (Fsp3) is 0.280. The molecule has 1 atom stereocenters. The van der Waals surface area contributed by atoms with Crippen molar-refractivity contribution >= 4 is 38.5 Å². The monoisotopic (exact) mass is 498 g/mol. The van der Waals surface area contributed by atoms with E-state index in [4.69, 9.17) is 9.47 Å². The van der Waals surface area contributed by atoms with Crippen LogP contribution in [0, 0.1) is 0 Å². The highest BCUT2D eigenvalue weighted by Gasteiger charge is 2.28. The zero-order chi connectivity index (χ0) is 23.1. The van der Waals surface area contributed by atoms with Crippen molar-refractivity contribution in [1.82, 2.24) is 10.2 Å². The van der Waals surface area contributed by atoms with E-state index in [0.29, 0.717) is 12.2 Å². The minimum absolute atomic E-state index is 0.180. The summed E-state index contributed by atoms with van der Waals surface area (Å²) in [6.45, 7) is 1.99. The average Bonchev–Trinajstić information content (AvgIpc) is 2.83. The molecule has 6 nitrogen and oxygen atoms in total. The lowest BCUT2D eigenvalue weighted by Gasteiger charge is -2.30. The third kappa shape index (κ3) is 5.40. The molecule has 0 radical (unpaired) electrons. The molecule has 7 heteroatoms. The van der Waals surface area contributed by atoms with Gasteiger partial charge in [0.25, 0.3) is 5.91 Å². The number of benzene rings is 3. The lowest BCUT2D eigenvalue weighted by molar-refractivity contribution is -0.142. The van der Waals surface area contributed by atoms with E-state index in [1.807, 2.05) is 67.6 Å². The van der Waals surface area contributed by atoms with Crippen LogP contribution in [0.3, 0.4) is 0 Å². The van der Waals surface area contributed by atoms with Crippen LogP contribution in [0.15, 0.2) is 65.1 Å². The number of halogens is 1. The van der Waals surface area contributed by atoms with E-state index in [2.05, 4.69) is 21.2 Å². The summed E-state index contributed by atoms with van der Waals surface area (Å²) in [6, 6.07) is 18.6. The molecule has 0 saturated carbocycles. The third-order valence-corrected chi connectivity index (χ3v) is 6.14. The number of methoxy groups -OCH3 is 1. The van der Waals surface area contributed by atoms with Crippen LogP contribution < -0.4 is 14.8 Å². The highest BCUT2D eigenvalue weighted by molar-refractivity contribution is 9.10. The summed E-state index contributed by atoms with van der Waals surface area (Å²) in [5, 5.41) is 4.74. The van der Waals surface area contributed by atoms with E-state index in [0.717, 1.165) is 26.6 Å². The summed E-state index contributed by atoms with van der Waals surface area (Å²) < 4.78 is 11.9. The molecule has 0 heterocycles. The van der Waals surface area contributed by atoms with Crippen LogP contribution in [0.4, 0.5) is 0 Å². The number of fused-ring (bicyclic) bond motifs is 1. The Morgan fingerprint density at radius 1 is 1.06 bits per heavy atom. The molecule has 0 unspecified atom stereocenters. The van der Waals surface area contributed by atoms with Crippen LogP contribution in [0.2, 0.25) is 0 Å². The Morgan fingerprint density at radius 3 is 2.44 bits per heavy atom. The van der Waals surface area contributed by atoms with Gasteiger partial charge < -0.3 is 19.7 Å². The second-order valence-electron chi connectivity index (χ2n) is 7.30. The molecule has 168 valence electrons. The standard InChI is InChI=1S/C25H27BrN2O4/c1-4-21(25(30)27-2)28(15-17-9-12-19(31-3)13-10-17)23(29)16-32-22-14-11-18-7-5-6-8-20(18)24(22)26/h5-14,21H,4,15-16H2,1-3H3,(H,27,30)/t21-/m1/s1. The molecule has 0 aliphatic heterocycles. The van der Waals surface area contributed by atoms with E-state index in [-0.39, 0.29) is 25.0 Å². The quantitative estimate of drug-likeness (QED) is 0.470. The second kappa shape index (κ2) is 11.0. The van der Waals surface area contributed by atoms with Gasteiger partial charge in [0.2, 0.25) is 5.91 Å². The van der Waals surface area contributed by atoms with Crippen molar-refractivity contribution in [1.29, 1.82) is 0 Å². The normalized spacial score (nSPS) is 11.6. The van der Waals surface area contributed by atoms with Crippen LogP contribution in [0.1, 0.15) is 18.9 Å². The van der Waals surface area contributed by atoms with E-state index in [1.54, 1.807) is 19.1 Å². The Morgan fingerprint density at radius 2 is 1.78 bits per heavy atom. The molecular weight excluding hydrogens is 472 g/mol. The number of rotatable bonds is 9. The van der Waals surface area contributed by atoms with Crippen molar-refractivity contribution < 1.29 is 19.1 Å². The Labute approximate surface area is 196 Å². The van der Waals surface area contributed by atoms with Gasteiger partial charge in [-0.2, -0.15) is 0 Å². The Kier molecular flexibility index (Phi) is 8.11. The molecule has 3 aromatic rings. The number of nitrogens with zero attached hydrogens (tertiary/aromatic N) is 1. The van der Waals surface area contributed by atoms with Crippen molar-refractivity contribution in [2.45, 2.75) is 25.9 Å². The maximum Gasteiger partial charge on any atom is 0.261 e. The van der Waals surface area contributed by atoms with E-state index < -0.39 is 6.04 Å². The number of carbonyl (C=O) groups excluding carboxylic acids is 2. The fourth-order valence-corrected chi connectivity index (χ4v) is 4.17. The minimum Gasteiger partial charge on any atom is -0.497 e. The lowest BCUT2D eigenvalue weighted by atomic mass is 10.1. The molecule has 3 aromatic carbocycles. The molecule has 1 N–H and O–H groups in total. The topological polar surface area (TPSA) is 67.9 Å². The lowest BCUT2D eigenvalue weighted by Crippen LogP contribution is -2.49. The first-order valence-electron chi connectivity index (χ1n) is 10.4. The molecule has 0 aliphatic carbocycles. The van der Waals surface area contributed by atoms with Gasteiger partial charge in [0.05, 0.1) is 11.6 Å². The smallest absolute Gasteiger partial charge is 0.261 e. The molecule has 3 rings (SSSR count). The average molecular weight is 499 g/mol. The maximum atomic E-state index is 13.2. The van der Waals surface area contributed by atoms with Gasteiger partial charge >= 0.3 is 0 Å². The summed E-state index contributed by atoms with van der Waals surface area (Å²) in [6.07, 6.45) is 0.487. The zero-order valence-electron chi connectivity index (χ0n) is 18.4. The van der Waals surface area contributed by atoms with Gasteiger partial charge in [-0.05, 0) is 56.9 Å². The summed E-state index contributed by atoms with van der Waals surface area (Å²) in [5.74, 6) is 0.835. The Balaban J connectivity index is 1.81. The highest BCUT2D eigenvalue weighted by Crippen LogP contribution is 2.33. The van der Waals surface area contributed by atoms with E-state index in [9.17, 15) is 9.59 Å². The molecule has 2 amide bonds. The van der Waals surface area contributed by atoms with Crippen molar-refractivity contribution in [2.24, 2.45) is 0 Å². The van der Waals surface area contributed by atoms with Crippen LogP contribution >= 0.6 is 15.9 Å². The van der Waals surface area contributed by atoms with Crippen molar-refractivity contribution in [3.63, 3.8) is 0 Å². The number of hydrogen-bond acceptors (Lipinski definition) is 4. The molecule has 0 spiro atoms. The summed E-state index contributed by atoms with van der Waals surface area (Å²) in [7, 11) is 3.18. The highest BCUT2D eigenvalue weighted by atomic mass is 79.9. The fourth-order valence-electron chi connectivity index (χ4n) is 3.56. The van der Waals surface area contributed by atoms with Crippen LogP contribution in [-0.2, 0) is 16.1 Å². The molecule has 0 aliphatic rings. The summed E-state index contributed by atoms with van der Waals surface area (Å²) >= 11 is 3.59. The minimum atomic E-state index is -0.599. The predicted octanol–water partition coefficient (Wildman–Crippen LogP) is 4.54. The first-order valence-corrected chi connectivity index (χ1v) is 11.2. The van der Waals surface area contributed by atoms with Gasteiger partial charge in [0.1, 0.15) is 17.5 Å². The molecular formula is C25H27BrN2O4. The van der Waals surface area contributed by atoms with Crippen molar-refractivity contribution in [2.75, 3.05) is 20.8 Å². The second-order valence-corrected chi connectivity index (χ2v) is 8.09. The first kappa shape index (κ1) is 23.6. The van der Waals surface area contributed by atoms with E-state index in [1.165, 1.54) is 0 Å². The van der Waals surface area contributed by atoms with Gasteiger partial charge in [-0.25, -0.2) is 0 Å². The summed E-state index contributed by atoms with van der Waals surface area (Å²) in [5.41, 5.74) is 0.897. The molecule has 0 saturated heterocycles. The predicted molar refractivity (Wildman–Crippen MR) is 129 cm³/mol. The number of carbonyl (C=O) groups is 2. The molecule has 0 bridgehead atoms. The summed E-state index contributed by atoms with van der Waals surface area (Å²) in [4.78, 5) is 27.3. The zero-order valence-corrected chi connectivity index (χ0v) is 20.0. The number of ether oxygens (including phenoxy) is 2. The van der Waals surface area contributed by atoms with Gasteiger partial charge in [-0.1, -0.05) is 49.4 Å². The number of amides is 2. The van der Waals surface area contributed by atoms with Crippen molar-refractivity contribution in [3.05, 3.63) is 70.7 Å². The number of likely N-dealkylation sites (N-methyl/N-ethyl adjacent to an activating group) is 1. The van der Waals surface area contributed by atoms with Gasteiger partial charge in [-0.3, -0.25) is 9.59 Å². The van der Waals surface area contributed by atoms with Crippen LogP contribution in [0.25, 0.3) is 10.8 Å². The van der Waals surface area contributed by atoms with Gasteiger partial charge in [0, 0.05) is 13.6 Å². The first-order chi connectivity index (χ1) is 15.5. The Hall–Kier alpha value is -3.06. The molecule has 0 aromatic heterocycles. The number of hydrogen-bond donors (Lipinski definition) is 1. The number of nitrogens with one attached hydrogen (secondary N) is 1. The largest absolute Gasteiger partial charge is 0.497 e. The SMILES string of the molecule is CC[C@H](C(=O)NC)N(Cc1ccc(OC)cc1)C(=O)COc1ccc2ccccc2c1Br. The van der Waals surface area contributed by atoms with E-state index >= 15 is 0 Å². The van der Waals surface area contributed by atoms with Crippen molar-refractivity contribution in [3.8, 4) is 11.5 Å². The Bertz CT molecular complexity index is 1080. The maximum absolute atomic E-state index is 13.2. The van der Waals surface area contributed by atoms with Gasteiger partial charge in [0.15, 0.2) is 6.61 Å². The van der Waals surface area contributed by atoms with Crippen LogP contribution in [-0.4, -0.2) is 43.5 Å². The van der Waals surface area contributed by atoms with Gasteiger partial charge in [-0.15, -0.1) is 0 Å². The molecule has 0 fully saturated rings.